The normalized spacial score (nSPS) is 11.9. The molecule has 1 atom stereocenters. The average Bonchev–Trinajstić information content (AvgIpc) is 2.57. The molecule has 0 unspecified atom stereocenters. The van der Waals surface area contributed by atoms with E-state index >= 15 is 0 Å². The Kier molecular flexibility index (Phi) is 4.17. The third-order valence-corrected chi connectivity index (χ3v) is 3.36. The van der Waals surface area contributed by atoms with Crippen LogP contribution in [-0.4, -0.2) is 5.11 Å². The maximum atomic E-state index is 12.9. The number of aliphatic hydroxyl groups excluding tert-OH is 1. The van der Waals surface area contributed by atoms with Crippen LogP contribution in [0.4, 0.5) is 4.39 Å². The van der Waals surface area contributed by atoms with E-state index in [0.717, 1.165) is 11.3 Å². The van der Waals surface area contributed by atoms with Gasteiger partial charge in [0.1, 0.15) is 23.4 Å². The molecule has 3 rings (SSSR count). The molecule has 22 heavy (non-hydrogen) atoms. The van der Waals surface area contributed by atoms with Crippen LogP contribution in [-0.2, 0) is 0 Å². The maximum absolute atomic E-state index is 12.9. The van der Waals surface area contributed by atoms with E-state index in [9.17, 15) is 9.50 Å². The van der Waals surface area contributed by atoms with Crippen molar-refractivity contribution >= 4 is 0 Å². The Morgan fingerprint density at radius 3 is 1.77 bits per heavy atom. The lowest BCUT2D eigenvalue weighted by Gasteiger charge is -2.12. The summed E-state index contributed by atoms with van der Waals surface area (Å²) in [5.41, 5.74) is 1.38. The highest BCUT2D eigenvalue weighted by Crippen LogP contribution is 2.26. The molecule has 0 radical (unpaired) electrons. The van der Waals surface area contributed by atoms with Gasteiger partial charge in [-0.05, 0) is 47.5 Å². The SMILES string of the molecule is O[C@H](c1ccc(F)cc1)c1ccc(Oc2ccccc2)cc1. The van der Waals surface area contributed by atoms with E-state index < -0.39 is 6.10 Å². The van der Waals surface area contributed by atoms with Gasteiger partial charge < -0.3 is 9.84 Å². The highest BCUT2D eigenvalue weighted by molar-refractivity contribution is 5.36. The monoisotopic (exact) mass is 294 g/mol. The van der Waals surface area contributed by atoms with Gasteiger partial charge in [-0.3, -0.25) is 0 Å². The number of para-hydroxylation sites is 1. The highest BCUT2D eigenvalue weighted by Gasteiger charge is 2.10. The Balaban J connectivity index is 1.75. The van der Waals surface area contributed by atoms with Gasteiger partial charge in [-0.2, -0.15) is 0 Å². The van der Waals surface area contributed by atoms with Crippen LogP contribution in [0.3, 0.4) is 0 Å². The Bertz CT molecular complexity index is 722. The summed E-state index contributed by atoms with van der Waals surface area (Å²) in [5, 5.41) is 10.3. The Morgan fingerprint density at radius 2 is 1.18 bits per heavy atom. The number of aliphatic hydroxyl groups is 1. The molecule has 0 aliphatic carbocycles. The van der Waals surface area contributed by atoms with Crippen molar-refractivity contribution < 1.29 is 14.2 Å². The quantitative estimate of drug-likeness (QED) is 0.755. The molecule has 110 valence electrons. The van der Waals surface area contributed by atoms with Gasteiger partial charge >= 0.3 is 0 Å². The lowest BCUT2D eigenvalue weighted by Crippen LogP contribution is -1.99. The van der Waals surface area contributed by atoms with Crippen LogP contribution < -0.4 is 4.74 Å². The minimum atomic E-state index is -0.786. The zero-order valence-electron chi connectivity index (χ0n) is 11.8. The molecule has 3 aromatic carbocycles. The first-order chi connectivity index (χ1) is 10.7. The summed E-state index contributed by atoms with van der Waals surface area (Å²) in [5.74, 6) is 1.14. The molecule has 0 aromatic heterocycles. The smallest absolute Gasteiger partial charge is 0.127 e. The van der Waals surface area contributed by atoms with Gasteiger partial charge in [-0.1, -0.05) is 42.5 Å². The molecule has 0 fully saturated rings. The van der Waals surface area contributed by atoms with Crippen LogP contribution >= 0.6 is 0 Å². The number of halogens is 1. The summed E-state index contributed by atoms with van der Waals surface area (Å²) >= 11 is 0. The summed E-state index contributed by atoms with van der Waals surface area (Å²) in [6.07, 6.45) is -0.786. The first-order valence-corrected chi connectivity index (χ1v) is 6.99. The van der Waals surface area contributed by atoms with E-state index in [1.54, 1.807) is 36.4 Å². The average molecular weight is 294 g/mol. The Hall–Kier alpha value is -2.65. The fourth-order valence-corrected chi connectivity index (χ4v) is 2.18. The summed E-state index contributed by atoms with van der Waals surface area (Å²) in [6, 6.07) is 22.5. The molecular formula is C19H15FO2. The van der Waals surface area contributed by atoms with Crippen molar-refractivity contribution in [3.8, 4) is 11.5 Å². The molecule has 3 heteroatoms. The van der Waals surface area contributed by atoms with E-state index in [1.807, 2.05) is 30.3 Å². The van der Waals surface area contributed by atoms with Gasteiger partial charge in [-0.25, -0.2) is 4.39 Å². The van der Waals surface area contributed by atoms with E-state index in [2.05, 4.69) is 0 Å². The zero-order valence-corrected chi connectivity index (χ0v) is 11.8. The highest BCUT2D eigenvalue weighted by atomic mass is 19.1. The molecule has 0 saturated carbocycles. The number of benzene rings is 3. The predicted octanol–water partition coefficient (Wildman–Crippen LogP) is 4.70. The van der Waals surface area contributed by atoms with E-state index in [1.165, 1.54) is 12.1 Å². The maximum Gasteiger partial charge on any atom is 0.127 e. The summed E-state index contributed by atoms with van der Waals surface area (Å²) in [6.45, 7) is 0. The number of hydrogen-bond acceptors (Lipinski definition) is 2. The molecule has 0 bridgehead atoms. The Morgan fingerprint density at radius 1 is 0.682 bits per heavy atom. The molecule has 0 amide bonds. The van der Waals surface area contributed by atoms with E-state index in [-0.39, 0.29) is 5.82 Å². The number of rotatable bonds is 4. The summed E-state index contributed by atoms with van der Waals surface area (Å²) in [4.78, 5) is 0. The van der Waals surface area contributed by atoms with Crippen LogP contribution in [0.15, 0.2) is 78.9 Å². The molecule has 2 nitrogen and oxygen atoms in total. The van der Waals surface area contributed by atoms with Crippen molar-refractivity contribution in [1.82, 2.24) is 0 Å². The summed E-state index contributed by atoms with van der Waals surface area (Å²) in [7, 11) is 0. The van der Waals surface area contributed by atoms with Gasteiger partial charge in [0, 0.05) is 0 Å². The van der Waals surface area contributed by atoms with Crippen molar-refractivity contribution in [3.05, 3.63) is 95.8 Å². The molecule has 3 aromatic rings. The molecule has 0 aliphatic rings. The first kappa shape index (κ1) is 14.3. The third kappa shape index (κ3) is 3.32. The Labute approximate surface area is 128 Å². The standard InChI is InChI=1S/C19H15FO2/c20-16-10-6-14(7-11-16)19(21)15-8-12-18(13-9-15)22-17-4-2-1-3-5-17/h1-13,19,21H/t19-/m1/s1. The van der Waals surface area contributed by atoms with Crippen molar-refractivity contribution in [2.45, 2.75) is 6.10 Å². The topological polar surface area (TPSA) is 29.5 Å². The van der Waals surface area contributed by atoms with Crippen LogP contribution in [0.25, 0.3) is 0 Å². The van der Waals surface area contributed by atoms with Crippen LogP contribution in [0, 0.1) is 5.82 Å². The van der Waals surface area contributed by atoms with Crippen molar-refractivity contribution in [2.75, 3.05) is 0 Å². The van der Waals surface area contributed by atoms with Crippen molar-refractivity contribution in [2.24, 2.45) is 0 Å². The van der Waals surface area contributed by atoms with Gasteiger partial charge in [0.2, 0.25) is 0 Å². The van der Waals surface area contributed by atoms with Crippen LogP contribution in [0.5, 0.6) is 11.5 Å². The number of ether oxygens (including phenoxy) is 1. The van der Waals surface area contributed by atoms with Gasteiger partial charge in [-0.15, -0.1) is 0 Å². The lowest BCUT2D eigenvalue weighted by atomic mass is 10.0. The summed E-state index contributed by atoms with van der Waals surface area (Å²) < 4.78 is 18.6. The molecule has 0 aliphatic heterocycles. The second-order valence-corrected chi connectivity index (χ2v) is 4.94. The van der Waals surface area contributed by atoms with Gasteiger partial charge in [0.25, 0.3) is 0 Å². The lowest BCUT2D eigenvalue weighted by molar-refractivity contribution is 0.220. The minimum absolute atomic E-state index is 0.317. The first-order valence-electron chi connectivity index (χ1n) is 6.99. The van der Waals surface area contributed by atoms with Crippen molar-refractivity contribution in [1.29, 1.82) is 0 Å². The van der Waals surface area contributed by atoms with E-state index in [4.69, 9.17) is 4.74 Å². The fourth-order valence-electron chi connectivity index (χ4n) is 2.18. The van der Waals surface area contributed by atoms with Crippen LogP contribution in [0.1, 0.15) is 17.2 Å². The molecule has 1 N–H and O–H groups in total. The molecule has 0 spiro atoms. The van der Waals surface area contributed by atoms with Gasteiger partial charge in [0.05, 0.1) is 0 Å². The second kappa shape index (κ2) is 6.41. The fraction of sp³-hybridized carbons (Fsp3) is 0.0526. The zero-order chi connectivity index (χ0) is 15.4. The molecule has 0 saturated heterocycles. The van der Waals surface area contributed by atoms with Gasteiger partial charge in [0.15, 0.2) is 0 Å². The largest absolute Gasteiger partial charge is 0.457 e. The third-order valence-electron chi connectivity index (χ3n) is 3.36. The van der Waals surface area contributed by atoms with E-state index in [0.29, 0.717) is 11.3 Å². The molecule has 0 heterocycles. The predicted molar refractivity (Wildman–Crippen MR) is 83.4 cm³/mol. The second-order valence-electron chi connectivity index (χ2n) is 4.94. The minimum Gasteiger partial charge on any atom is -0.457 e. The van der Waals surface area contributed by atoms with Crippen LogP contribution in [0.2, 0.25) is 0 Å². The number of hydrogen-bond donors (Lipinski definition) is 1. The van der Waals surface area contributed by atoms with Crippen molar-refractivity contribution in [3.63, 3.8) is 0 Å². The molecular weight excluding hydrogens is 279 g/mol.